The highest BCUT2D eigenvalue weighted by molar-refractivity contribution is 7.80. The summed E-state index contributed by atoms with van der Waals surface area (Å²) in [4.78, 5) is 13.3. The lowest BCUT2D eigenvalue weighted by Crippen LogP contribution is -2.42. The van der Waals surface area contributed by atoms with Crippen LogP contribution in [0, 0.1) is 0 Å². The summed E-state index contributed by atoms with van der Waals surface area (Å²) in [6.45, 7) is 2.00. The van der Waals surface area contributed by atoms with Crippen molar-refractivity contribution in [2.75, 3.05) is 7.05 Å². The fraction of sp³-hybridized carbons (Fsp3) is 0.333. The highest BCUT2D eigenvalue weighted by atomic mass is 32.1. The lowest BCUT2D eigenvalue weighted by Gasteiger charge is -2.23. The van der Waals surface area contributed by atoms with Gasteiger partial charge in [-0.25, -0.2) is 4.79 Å². The minimum absolute atomic E-state index is 0.244. The summed E-state index contributed by atoms with van der Waals surface area (Å²) >= 11 is 4.82. The van der Waals surface area contributed by atoms with E-state index in [4.69, 9.17) is 22.7 Å². The molecule has 0 unspecified atom stereocenters. The van der Waals surface area contributed by atoms with Crippen LogP contribution in [0.4, 0.5) is 4.79 Å². The Morgan fingerprint density at radius 2 is 2.06 bits per heavy atom. The Labute approximate surface area is 106 Å². The Balaban J connectivity index is 2.47. The number of carbonyl (C=O) groups is 1. The summed E-state index contributed by atoms with van der Waals surface area (Å²) in [6, 6.07) is 9.17. The molecule has 0 aromatic heterocycles. The summed E-state index contributed by atoms with van der Waals surface area (Å²) < 4.78 is 5.13. The number of carbonyl (C=O) groups excluding carboxylic acids is 1. The average molecular weight is 252 g/mol. The molecule has 1 rings (SSSR count). The van der Waals surface area contributed by atoms with Crippen molar-refractivity contribution in [2.24, 2.45) is 5.73 Å². The predicted octanol–water partition coefficient (Wildman–Crippen LogP) is 1.93. The van der Waals surface area contributed by atoms with Crippen molar-refractivity contribution >= 4 is 23.3 Å². The maximum Gasteiger partial charge on any atom is 0.410 e. The molecule has 0 heterocycles. The van der Waals surface area contributed by atoms with Crippen LogP contribution >= 0.6 is 12.2 Å². The highest BCUT2D eigenvalue weighted by Crippen LogP contribution is 2.04. The van der Waals surface area contributed by atoms with Gasteiger partial charge in [0.15, 0.2) is 0 Å². The molecular weight excluding hydrogens is 236 g/mol. The molecule has 0 fully saturated rings. The number of hydrogen-bond donors (Lipinski definition) is 1. The van der Waals surface area contributed by atoms with Gasteiger partial charge in [0.2, 0.25) is 0 Å². The molecule has 17 heavy (non-hydrogen) atoms. The minimum atomic E-state index is -0.436. The molecule has 0 saturated carbocycles. The Morgan fingerprint density at radius 3 is 2.59 bits per heavy atom. The second-order valence-electron chi connectivity index (χ2n) is 3.73. The SMILES string of the molecule is C[C@@H](C(N)=S)N(C)C(=O)OCc1ccccc1. The number of hydrogen-bond acceptors (Lipinski definition) is 3. The first-order valence-corrected chi connectivity index (χ1v) is 5.66. The fourth-order valence-electron chi connectivity index (χ4n) is 1.17. The third-order valence-electron chi connectivity index (χ3n) is 2.49. The molecule has 1 amide bonds. The van der Waals surface area contributed by atoms with E-state index in [-0.39, 0.29) is 17.6 Å². The molecule has 5 heteroatoms. The van der Waals surface area contributed by atoms with E-state index < -0.39 is 6.09 Å². The van der Waals surface area contributed by atoms with Gasteiger partial charge in [-0.1, -0.05) is 42.5 Å². The van der Waals surface area contributed by atoms with Crippen molar-refractivity contribution in [3.63, 3.8) is 0 Å². The third-order valence-corrected chi connectivity index (χ3v) is 2.83. The number of nitrogens with two attached hydrogens (primary N) is 1. The van der Waals surface area contributed by atoms with E-state index in [0.717, 1.165) is 5.56 Å². The zero-order chi connectivity index (χ0) is 12.8. The van der Waals surface area contributed by atoms with Gasteiger partial charge in [-0.15, -0.1) is 0 Å². The van der Waals surface area contributed by atoms with E-state index in [1.54, 1.807) is 14.0 Å². The molecule has 92 valence electrons. The van der Waals surface area contributed by atoms with E-state index in [2.05, 4.69) is 0 Å². The van der Waals surface area contributed by atoms with Crippen LogP contribution in [0.15, 0.2) is 30.3 Å². The van der Waals surface area contributed by atoms with Crippen molar-refractivity contribution in [1.82, 2.24) is 4.90 Å². The third kappa shape index (κ3) is 4.03. The topological polar surface area (TPSA) is 55.6 Å². The Bertz CT molecular complexity index is 395. The summed E-state index contributed by atoms with van der Waals surface area (Å²) in [5.74, 6) is 0. The molecule has 0 aliphatic rings. The fourth-order valence-corrected chi connectivity index (χ4v) is 1.33. The normalized spacial score (nSPS) is 11.6. The van der Waals surface area contributed by atoms with E-state index in [1.165, 1.54) is 4.90 Å². The second kappa shape index (κ2) is 6.20. The van der Waals surface area contributed by atoms with E-state index in [1.807, 2.05) is 30.3 Å². The first-order chi connectivity index (χ1) is 8.02. The highest BCUT2D eigenvalue weighted by Gasteiger charge is 2.18. The van der Waals surface area contributed by atoms with E-state index >= 15 is 0 Å². The summed E-state index contributed by atoms with van der Waals surface area (Å²) in [5, 5.41) is 0. The molecule has 0 spiro atoms. The zero-order valence-corrected chi connectivity index (χ0v) is 10.7. The van der Waals surface area contributed by atoms with Crippen LogP contribution in [0.5, 0.6) is 0 Å². The predicted molar refractivity (Wildman–Crippen MR) is 70.6 cm³/mol. The number of benzene rings is 1. The number of rotatable bonds is 4. The molecule has 2 N–H and O–H groups in total. The van der Waals surface area contributed by atoms with E-state index in [9.17, 15) is 4.79 Å². The molecule has 4 nitrogen and oxygen atoms in total. The van der Waals surface area contributed by atoms with Crippen LogP contribution < -0.4 is 5.73 Å². The van der Waals surface area contributed by atoms with Crippen molar-refractivity contribution < 1.29 is 9.53 Å². The second-order valence-corrected chi connectivity index (χ2v) is 4.20. The Kier molecular flexibility index (Phi) is 4.90. The Morgan fingerprint density at radius 1 is 1.47 bits per heavy atom. The quantitative estimate of drug-likeness (QED) is 0.832. The molecule has 0 aliphatic heterocycles. The largest absolute Gasteiger partial charge is 0.445 e. The summed E-state index contributed by atoms with van der Waals surface area (Å²) in [5.41, 5.74) is 6.41. The van der Waals surface area contributed by atoms with Gasteiger partial charge < -0.3 is 15.4 Å². The monoisotopic (exact) mass is 252 g/mol. The van der Waals surface area contributed by atoms with Crippen LogP contribution in [0.3, 0.4) is 0 Å². The number of ether oxygens (including phenoxy) is 1. The number of thiocarbonyl (C=S) groups is 1. The summed E-state index contributed by atoms with van der Waals surface area (Å²) in [6.07, 6.45) is -0.436. The van der Waals surface area contributed by atoms with Crippen molar-refractivity contribution in [3.05, 3.63) is 35.9 Å². The lowest BCUT2D eigenvalue weighted by atomic mass is 10.2. The van der Waals surface area contributed by atoms with Gasteiger partial charge >= 0.3 is 6.09 Å². The van der Waals surface area contributed by atoms with Gasteiger partial charge in [0.05, 0.1) is 11.0 Å². The van der Waals surface area contributed by atoms with Crippen LogP contribution in [0.1, 0.15) is 12.5 Å². The Hall–Kier alpha value is -1.62. The first-order valence-electron chi connectivity index (χ1n) is 5.25. The van der Waals surface area contributed by atoms with Gasteiger partial charge in [-0.2, -0.15) is 0 Å². The number of amides is 1. The van der Waals surface area contributed by atoms with Gasteiger partial charge in [0.25, 0.3) is 0 Å². The molecule has 1 atom stereocenters. The van der Waals surface area contributed by atoms with Crippen molar-refractivity contribution in [1.29, 1.82) is 0 Å². The van der Waals surface area contributed by atoms with Crippen LogP contribution in [-0.4, -0.2) is 29.1 Å². The standard InChI is InChI=1S/C12H16N2O2S/c1-9(11(13)17)14(2)12(15)16-8-10-6-4-3-5-7-10/h3-7,9H,8H2,1-2H3,(H2,13,17)/t9-/m0/s1. The summed E-state index contributed by atoms with van der Waals surface area (Å²) in [7, 11) is 1.61. The molecular formula is C12H16N2O2S. The molecule has 1 aromatic rings. The molecule has 0 aliphatic carbocycles. The smallest absolute Gasteiger partial charge is 0.410 e. The first kappa shape index (κ1) is 13.4. The molecule has 0 saturated heterocycles. The van der Waals surface area contributed by atoms with Gasteiger partial charge in [0, 0.05) is 7.05 Å². The van der Waals surface area contributed by atoms with Crippen LogP contribution in [-0.2, 0) is 11.3 Å². The van der Waals surface area contributed by atoms with Gasteiger partial charge in [-0.05, 0) is 12.5 Å². The van der Waals surface area contributed by atoms with Crippen LogP contribution in [0.2, 0.25) is 0 Å². The number of likely N-dealkylation sites (N-methyl/N-ethyl adjacent to an activating group) is 1. The zero-order valence-electron chi connectivity index (χ0n) is 9.92. The van der Waals surface area contributed by atoms with Crippen molar-refractivity contribution in [2.45, 2.75) is 19.6 Å². The number of nitrogens with zero attached hydrogens (tertiary/aromatic N) is 1. The average Bonchev–Trinajstić information content (AvgIpc) is 2.35. The van der Waals surface area contributed by atoms with Crippen LogP contribution in [0.25, 0.3) is 0 Å². The van der Waals surface area contributed by atoms with Gasteiger partial charge in [-0.3, -0.25) is 0 Å². The maximum absolute atomic E-state index is 11.7. The lowest BCUT2D eigenvalue weighted by molar-refractivity contribution is 0.101. The van der Waals surface area contributed by atoms with E-state index in [0.29, 0.717) is 0 Å². The minimum Gasteiger partial charge on any atom is -0.445 e. The maximum atomic E-state index is 11.7. The molecule has 0 radical (unpaired) electrons. The molecule has 0 bridgehead atoms. The van der Waals surface area contributed by atoms with Gasteiger partial charge in [0.1, 0.15) is 6.61 Å². The van der Waals surface area contributed by atoms with Crippen molar-refractivity contribution in [3.8, 4) is 0 Å². The molecule has 1 aromatic carbocycles.